The number of esters is 1. The number of carbonyl (C=O) groups is 1. The summed E-state index contributed by atoms with van der Waals surface area (Å²) in [6.07, 6.45) is 0. The Morgan fingerprint density at radius 2 is 2.31 bits per heavy atom. The van der Waals surface area contributed by atoms with Gasteiger partial charge in [-0.25, -0.2) is 4.79 Å². The number of nitrogens with one attached hydrogen (secondary N) is 1. The van der Waals surface area contributed by atoms with Crippen molar-refractivity contribution in [3.63, 3.8) is 0 Å². The monoisotopic (exact) mass is 186 g/mol. The Balaban J connectivity index is 3.09. The van der Waals surface area contributed by atoms with Crippen molar-refractivity contribution in [2.75, 3.05) is 6.61 Å². The minimum atomic E-state index is -0.738. The van der Waals surface area contributed by atoms with Crippen molar-refractivity contribution in [1.82, 2.24) is 9.78 Å². The predicted molar refractivity (Wildman–Crippen MR) is 43.7 cm³/mol. The molecule has 2 N–H and O–H groups in total. The molecular formula is C7H10N2O4. The number of aromatic nitrogens is 2. The number of H-pyrrole nitrogens is 1. The first-order valence-electron chi connectivity index (χ1n) is 3.73. The van der Waals surface area contributed by atoms with Gasteiger partial charge in [0.25, 0.3) is 0 Å². The van der Waals surface area contributed by atoms with Gasteiger partial charge in [0.1, 0.15) is 0 Å². The van der Waals surface area contributed by atoms with E-state index in [-0.39, 0.29) is 12.3 Å². The summed E-state index contributed by atoms with van der Waals surface area (Å²) in [5, 5.41) is 11.5. The van der Waals surface area contributed by atoms with Crippen LogP contribution in [-0.4, -0.2) is 27.5 Å². The summed E-state index contributed by atoms with van der Waals surface area (Å²) >= 11 is 0. The molecule has 0 fully saturated rings. The SMILES string of the molecule is CCOC(=O)c1[nH]n(C)c(=O)c1O. The molecule has 0 unspecified atom stereocenters. The van der Waals surface area contributed by atoms with Gasteiger partial charge in [-0.2, -0.15) is 0 Å². The number of carbonyl (C=O) groups excluding carboxylic acids is 1. The van der Waals surface area contributed by atoms with Gasteiger partial charge in [0.2, 0.25) is 5.75 Å². The highest BCUT2D eigenvalue weighted by Crippen LogP contribution is 2.08. The van der Waals surface area contributed by atoms with E-state index >= 15 is 0 Å². The Labute approximate surface area is 73.7 Å². The number of aromatic hydroxyl groups is 1. The molecule has 0 atom stereocenters. The Hall–Kier alpha value is -1.72. The van der Waals surface area contributed by atoms with Crippen LogP contribution < -0.4 is 5.56 Å². The topological polar surface area (TPSA) is 84.3 Å². The summed E-state index contributed by atoms with van der Waals surface area (Å²) in [7, 11) is 1.39. The minimum absolute atomic E-state index is 0.190. The molecule has 6 heteroatoms. The van der Waals surface area contributed by atoms with E-state index in [1.54, 1.807) is 6.92 Å². The van der Waals surface area contributed by atoms with Crippen LogP contribution in [0.4, 0.5) is 0 Å². The molecule has 0 saturated carbocycles. The van der Waals surface area contributed by atoms with Crippen LogP contribution in [0.15, 0.2) is 4.79 Å². The van der Waals surface area contributed by atoms with Gasteiger partial charge in [0.15, 0.2) is 5.69 Å². The summed E-state index contributed by atoms with van der Waals surface area (Å²) < 4.78 is 5.60. The van der Waals surface area contributed by atoms with Gasteiger partial charge in [-0.05, 0) is 6.92 Å². The van der Waals surface area contributed by atoms with Crippen molar-refractivity contribution in [2.45, 2.75) is 6.92 Å². The third kappa shape index (κ3) is 1.56. The van der Waals surface area contributed by atoms with E-state index in [0.717, 1.165) is 4.68 Å². The average molecular weight is 186 g/mol. The lowest BCUT2D eigenvalue weighted by atomic mass is 10.4. The zero-order valence-electron chi connectivity index (χ0n) is 7.33. The number of rotatable bonds is 2. The highest BCUT2D eigenvalue weighted by atomic mass is 16.5. The lowest BCUT2D eigenvalue weighted by molar-refractivity contribution is 0.0515. The Morgan fingerprint density at radius 1 is 1.69 bits per heavy atom. The predicted octanol–water partition coefficient (Wildman–Crippen LogP) is -0.404. The third-order valence-corrected chi connectivity index (χ3v) is 1.50. The lowest BCUT2D eigenvalue weighted by Crippen LogP contribution is -2.10. The molecule has 13 heavy (non-hydrogen) atoms. The molecule has 0 aliphatic carbocycles. The molecular weight excluding hydrogens is 176 g/mol. The van der Waals surface area contributed by atoms with Gasteiger partial charge >= 0.3 is 11.5 Å². The second-order valence-electron chi connectivity index (χ2n) is 2.42. The molecule has 0 aliphatic rings. The molecule has 0 aliphatic heterocycles. The maximum Gasteiger partial charge on any atom is 0.360 e. The Kier molecular flexibility index (Phi) is 2.41. The van der Waals surface area contributed by atoms with E-state index in [9.17, 15) is 9.59 Å². The van der Waals surface area contributed by atoms with Gasteiger partial charge in [0, 0.05) is 7.05 Å². The molecule has 0 amide bonds. The molecule has 0 radical (unpaired) electrons. The van der Waals surface area contributed by atoms with E-state index in [1.165, 1.54) is 7.05 Å². The number of hydrogen-bond acceptors (Lipinski definition) is 4. The standard InChI is InChI=1S/C7H10N2O4/c1-3-13-7(12)4-5(10)6(11)9(2)8-4/h8,10H,3H2,1-2H3. The summed E-state index contributed by atoms with van der Waals surface area (Å²) in [5.74, 6) is -1.35. The van der Waals surface area contributed by atoms with Crippen LogP contribution >= 0.6 is 0 Å². The molecule has 0 bridgehead atoms. The van der Waals surface area contributed by atoms with Crippen LogP contribution in [0, 0.1) is 0 Å². The van der Waals surface area contributed by atoms with Crippen LogP contribution in [-0.2, 0) is 11.8 Å². The summed E-state index contributed by atoms with van der Waals surface area (Å²) in [5.41, 5.74) is -0.864. The second-order valence-corrected chi connectivity index (χ2v) is 2.42. The zero-order valence-corrected chi connectivity index (χ0v) is 7.33. The first-order valence-corrected chi connectivity index (χ1v) is 3.73. The molecule has 0 saturated heterocycles. The largest absolute Gasteiger partial charge is 0.501 e. The minimum Gasteiger partial charge on any atom is -0.501 e. The van der Waals surface area contributed by atoms with E-state index in [4.69, 9.17) is 5.11 Å². The highest BCUT2D eigenvalue weighted by Gasteiger charge is 2.18. The first-order chi connectivity index (χ1) is 6.07. The van der Waals surface area contributed by atoms with Crippen molar-refractivity contribution in [2.24, 2.45) is 7.05 Å². The first kappa shape index (κ1) is 9.37. The van der Waals surface area contributed by atoms with Crippen molar-refractivity contribution >= 4 is 5.97 Å². The molecule has 6 nitrogen and oxygen atoms in total. The van der Waals surface area contributed by atoms with E-state index < -0.39 is 17.3 Å². The summed E-state index contributed by atoms with van der Waals surface area (Å²) in [6, 6.07) is 0. The van der Waals surface area contributed by atoms with Crippen LogP contribution in [0.5, 0.6) is 5.75 Å². The molecule has 0 aromatic carbocycles. The quantitative estimate of drug-likeness (QED) is 0.615. The van der Waals surface area contributed by atoms with E-state index in [2.05, 4.69) is 9.84 Å². The molecule has 72 valence electrons. The molecule has 0 spiro atoms. The van der Waals surface area contributed by atoms with Gasteiger partial charge in [0.05, 0.1) is 6.61 Å². The van der Waals surface area contributed by atoms with Crippen LogP contribution in [0.2, 0.25) is 0 Å². The van der Waals surface area contributed by atoms with Crippen molar-refractivity contribution in [3.8, 4) is 5.75 Å². The number of nitrogens with zero attached hydrogens (tertiary/aromatic N) is 1. The fourth-order valence-electron chi connectivity index (χ4n) is 0.883. The van der Waals surface area contributed by atoms with Gasteiger partial charge in [-0.3, -0.25) is 14.6 Å². The Morgan fingerprint density at radius 3 is 2.69 bits per heavy atom. The maximum atomic E-state index is 11.1. The highest BCUT2D eigenvalue weighted by molar-refractivity contribution is 5.89. The van der Waals surface area contributed by atoms with Crippen molar-refractivity contribution in [1.29, 1.82) is 0 Å². The molecule has 1 rings (SSSR count). The van der Waals surface area contributed by atoms with Gasteiger partial charge in [-0.15, -0.1) is 0 Å². The van der Waals surface area contributed by atoms with Crippen LogP contribution in [0.3, 0.4) is 0 Å². The van der Waals surface area contributed by atoms with Crippen molar-refractivity contribution in [3.05, 3.63) is 16.0 Å². The number of aromatic amines is 1. The zero-order chi connectivity index (χ0) is 10.0. The van der Waals surface area contributed by atoms with Gasteiger partial charge < -0.3 is 9.84 Å². The van der Waals surface area contributed by atoms with Crippen LogP contribution in [0.1, 0.15) is 17.4 Å². The van der Waals surface area contributed by atoms with Crippen molar-refractivity contribution < 1.29 is 14.6 Å². The second kappa shape index (κ2) is 3.34. The lowest BCUT2D eigenvalue weighted by Gasteiger charge is -1.97. The van der Waals surface area contributed by atoms with Gasteiger partial charge in [-0.1, -0.05) is 0 Å². The number of ether oxygens (including phenoxy) is 1. The molecule has 1 heterocycles. The number of aryl methyl sites for hydroxylation is 1. The van der Waals surface area contributed by atoms with E-state index in [0.29, 0.717) is 0 Å². The fourth-order valence-corrected chi connectivity index (χ4v) is 0.883. The Bertz CT molecular complexity index is 376. The average Bonchev–Trinajstić information content (AvgIpc) is 2.33. The third-order valence-electron chi connectivity index (χ3n) is 1.50. The van der Waals surface area contributed by atoms with E-state index in [1.807, 2.05) is 0 Å². The normalized spacial score (nSPS) is 10.0. The smallest absolute Gasteiger partial charge is 0.360 e. The fraction of sp³-hybridized carbons (Fsp3) is 0.429. The van der Waals surface area contributed by atoms with Crippen LogP contribution in [0.25, 0.3) is 0 Å². The number of hydrogen-bond donors (Lipinski definition) is 2. The summed E-state index contributed by atoms with van der Waals surface area (Å²) in [4.78, 5) is 22.0. The summed E-state index contributed by atoms with van der Waals surface area (Å²) in [6.45, 7) is 1.82. The molecule has 1 aromatic rings. The maximum absolute atomic E-state index is 11.1. The molecule has 1 aromatic heterocycles.